The average Bonchev–Trinajstić information content (AvgIpc) is 3.29. The molecule has 194 valence electrons. The fraction of sp³-hybridized carbons (Fsp3) is 0.138. The zero-order valence-electron chi connectivity index (χ0n) is 21.1. The van der Waals surface area contributed by atoms with E-state index in [1.54, 1.807) is 36.4 Å². The summed E-state index contributed by atoms with van der Waals surface area (Å²) in [6.45, 7) is 1.40. The number of furan rings is 1. The maximum atomic E-state index is 13.7. The van der Waals surface area contributed by atoms with Crippen molar-refractivity contribution < 1.29 is 27.1 Å². The number of para-hydroxylation sites is 1. The second-order valence-electron chi connectivity index (χ2n) is 8.72. The second kappa shape index (κ2) is 10.1. The number of aryl methyl sites for hydroxylation is 1. The lowest BCUT2D eigenvalue weighted by molar-refractivity contribution is -0.114. The molecule has 1 N–H and O–H groups in total. The van der Waals surface area contributed by atoms with Crippen LogP contribution in [-0.4, -0.2) is 35.1 Å². The molecule has 5 rings (SSSR count). The van der Waals surface area contributed by atoms with Gasteiger partial charge in [-0.15, -0.1) is 0 Å². The minimum atomic E-state index is -4.10. The van der Waals surface area contributed by atoms with E-state index in [-0.39, 0.29) is 10.6 Å². The van der Waals surface area contributed by atoms with Crippen LogP contribution in [0, 0.1) is 6.92 Å². The number of amides is 1. The van der Waals surface area contributed by atoms with Crippen LogP contribution >= 0.6 is 0 Å². The summed E-state index contributed by atoms with van der Waals surface area (Å²) in [5.41, 5.74) is 3.02. The number of carbonyl (C=O) groups excluding carboxylic acids is 1. The summed E-state index contributed by atoms with van der Waals surface area (Å²) in [6.07, 6.45) is 0. The zero-order valence-corrected chi connectivity index (χ0v) is 21.9. The summed E-state index contributed by atoms with van der Waals surface area (Å²) in [5.74, 6) is 0.253. The molecule has 0 fully saturated rings. The lowest BCUT2D eigenvalue weighted by atomic mass is 10.1. The largest absolute Gasteiger partial charge is 0.493 e. The highest BCUT2D eigenvalue weighted by molar-refractivity contribution is 7.92. The Bertz CT molecular complexity index is 1740. The third-order valence-corrected chi connectivity index (χ3v) is 8.00. The molecule has 1 amide bonds. The number of carbonyl (C=O) groups is 1. The van der Waals surface area contributed by atoms with Crippen molar-refractivity contribution in [3.8, 4) is 11.5 Å². The van der Waals surface area contributed by atoms with Crippen LogP contribution < -0.4 is 19.1 Å². The summed E-state index contributed by atoms with van der Waals surface area (Å²) in [5, 5.41) is 4.70. The van der Waals surface area contributed by atoms with E-state index in [0.29, 0.717) is 22.8 Å². The summed E-state index contributed by atoms with van der Waals surface area (Å²) < 4.78 is 45.1. The van der Waals surface area contributed by atoms with Gasteiger partial charge in [0.15, 0.2) is 11.5 Å². The minimum Gasteiger partial charge on any atom is -0.493 e. The van der Waals surface area contributed by atoms with Crippen molar-refractivity contribution in [3.63, 3.8) is 0 Å². The number of hydrogen-bond acceptors (Lipinski definition) is 6. The Labute approximate surface area is 220 Å². The van der Waals surface area contributed by atoms with E-state index in [9.17, 15) is 13.2 Å². The smallest absolute Gasteiger partial charge is 0.264 e. The van der Waals surface area contributed by atoms with Crippen LogP contribution in [0.3, 0.4) is 0 Å². The number of nitrogens with zero attached hydrogens (tertiary/aromatic N) is 1. The van der Waals surface area contributed by atoms with Crippen LogP contribution in [0.2, 0.25) is 0 Å². The fourth-order valence-electron chi connectivity index (χ4n) is 4.27. The SMILES string of the molecule is COc1ccc(N(CC(=O)Nc2ccc3c(c2)oc2ccccc23)S(=O)(=O)c2ccc(C)cc2)cc1OC. The van der Waals surface area contributed by atoms with Crippen LogP contribution in [0.15, 0.2) is 94.2 Å². The first-order valence-corrected chi connectivity index (χ1v) is 13.3. The van der Waals surface area contributed by atoms with Gasteiger partial charge in [0.05, 0.1) is 24.8 Å². The van der Waals surface area contributed by atoms with Gasteiger partial charge in [-0.2, -0.15) is 0 Å². The highest BCUT2D eigenvalue weighted by Gasteiger charge is 2.28. The molecule has 0 saturated carbocycles. The first kappa shape index (κ1) is 25.2. The minimum absolute atomic E-state index is 0.0642. The van der Waals surface area contributed by atoms with Gasteiger partial charge < -0.3 is 19.2 Å². The summed E-state index contributed by atoms with van der Waals surface area (Å²) in [4.78, 5) is 13.3. The van der Waals surface area contributed by atoms with E-state index in [0.717, 1.165) is 26.2 Å². The van der Waals surface area contributed by atoms with Gasteiger partial charge in [-0.3, -0.25) is 9.10 Å². The third-order valence-electron chi connectivity index (χ3n) is 6.21. The molecule has 0 radical (unpaired) electrons. The number of ether oxygens (including phenoxy) is 2. The number of rotatable bonds is 8. The van der Waals surface area contributed by atoms with Crippen molar-refractivity contribution >= 4 is 49.2 Å². The Morgan fingerprint density at radius 1 is 0.842 bits per heavy atom. The molecule has 0 atom stereocenters. The van der Waals surface area contributed by atoms with Crippen LogP contribution in [0.1, 0.15) is 5.56 Å². The van der Waals surface area contributed by atoms with Crippen molar-refractivity contribution in [2.45, 2.75) is 11.8 Å². The number of nitrogens with one attached hydrogen (secondary N) is 1. The van der Waals surface area contributed by atoms with Gasteiger partial charge in [-0.25, -0.2) is 8.42 Å². The third kappa shape index (κ3) is 4.76. The second-order valence-corrected chi connectivity index (χ2v) is 10.6. The molecule has 0 unspecified atom stereocenters. The molecule has 0 aliphatic rings. The Kier molecular flexibility index (Phi) is 6.69. The van der Waals surface area contributed by atoms with Crippen LogP contribution in [-0.2, 0) is 14.8 Å². The van der Waals surface area contributed by atoms with E-state index < -0.39 is 22.5 Å². The standard InChI is InChI=1S/C29H26N2O6S/c1-19-8-12-22(13-9-19)38(33,34)31(21-11-15-26(35-2)28(17-21)36-3)18-29(32)30-20-10-14-24-23-6-4-5-7-25(23)37-27(24)16-20/h4-17H,18H2,1-3H3,(H,30,32). The molecule has 1 heterocycles. The van der Waals surface area contributed by atoms with Crippen LogP contribution in [0.4, 0.5) is 11.4 Å². The fourth-order valence-corrected chi connectivity index (χ4v) is 5.68. The van der Waals surface area contributed by atoms with E-state index >= 15 is 0 Å². The lowest BCUT2D eigenvalue weighted by Crippen LogP contribution is -2.38. The molecular weight excluding hydrogens is 504 g/mol. The van der Waals surface area contributed by atoms with E-state index in [4.69, 9.17) is 13.9 Å². The predicted molar refractivity (Wildman–Crippen MR) is 148 cm³/mol. The molecule has 4 aromatic carbocycles. The maximum Gasteiger partial charge on any atom is 0.264 e. The Morgan fingerprint density at radius 2 is 1.55 bits per heavy atom. The molecule has 0 bridgehead atoms. The van der Waals surface area contributed by atoms with Crippen molar-refractivity contribution in [3.05, 3.63) is 90.5 Å². The first-order valence-electron chi connectivity index (χ1n) is 11.8. The number of anilines is 2. The van der Waals surface area contributed by atoms with Gasteiger partial charge in [0.2, 0.25) is 5.91 Å². The lowest BCUT2D eigenvalue weighted by Gasteiger charge is -2.25. The van der Waals surface area contributed by atoms with E-state index in [1.807, 2.05) is 37.3 Å². The molecule has 0 spiro atoms. The molecule has 1 aromatic heterocycles. The average molecular weight is 531 g/mol. The monoisotopic (exact) mass is 530 g/mol. The number of fused-ring (bicyclic) bond motifs is 3. The quantitative estimate of drug-likeness (QED) is 0.275. The number of benzene rings is 4. The topological polar surface area (TPSA) is 98.1 Å². The van der Waals surface area contributed by atoms with Gasteiger partial charge in [0.25, 0.3) is 10.0 Å². The molecule has 5 aromatic rings. The van der Waals surface area contributed by atoms with Gasteiger partial charge in [-0.05, 0) is 49.4 Å². The molecule has 0 aliphatic heterocycles. The van der Waals surface area contributed by atoms with Crippen LogP contribution in [0.25, 0.3) is 21.9 Å². The summed E-state index contributed by atoms with van der Waals surface area (Å²) in [7, 11) is -1.15. The van der Waals surface area contributed by atoms with Crippen molar-refractivity contribution in [2.75, 3.05) is 30.4 Å². The number of hydrogen-bond donors (Lipinski definition) is 1. The van der Waals surface area contributed by atoms with Gasteiger partial charge in [-0.1, -0.05) is 35.9 Å². The maximum absolute atomic E-state index is 13.7. The van der Waals surface area contributed by atoms with Gasteiger partial charge in [0.1, 0.15) is 17.7 Å². The van der Waals surface area contributed by atoms with Gasteiger partial charge in [0, 0.05) is 28.6 Å². The van der Waals surface area contributed by atoms with E-state index in [2.05, 4.69) is 5.32 Å². The Morgan fingerprint density at radius 3 is 2.29 bits per heavy atom. The molecule has 0 aliphatic carbocycles. The molecule has 0 saturated heterocycles. The van der Waals surface area contributed by atoms with Crippen molar-refractivity contribution in [1.82, 2.24) is 0 Å². The van der Waals surface area contributed by atoms with E-state index in [1.165, 1.54) is 32.4 Å². The molecule has 8 nitrogen and oxygen atoms in total. The van der Waals surface area contributed by atoms with Gasteiger partial charge >= 0.3 is 0 Å². The number of methoxy groups -OCH3 is 2. The highest BCUT2D eigenvalue weighted by Crippen LogP contribution is 2.34. The predicted octanol–water partition coefficient (Wildman–Crippen LogP) is 5.75. The van der Waals surface area contributed by atoms with Crippen LogP contribution in [0.5, 0.6) is 11.5 Å². The number of sulfonamides is 1. The van der Waals surface area contributed by atoms with Crippen molar-refractivity contribution in [2.24, 2.45) is 0 Å². The normalized spacial score (nSPS) is 11.4. The molecule has 9 heteroatoms. The Hall–Kier alpha value is -4.50. The first-order chi connectivity index (χ1) is 18.3. The van der Waals surface area contributed by atoms with Crippen molar-refractivity contribution in [1.29, 1.82) is 0 Å². The molecule has 38 heavy (non-hydrogen) atoms. The highest BCUT2D eigenvalue weighted by atomic mass is 32.2. The summed E-state index contributed by atoms with van der Waals surface area (Å²) in [6, 6.07) is 24.2. The zero-order chi connectivity index (χ0) is 26.9. The molecular formula is C29H26N2O6S. The Balaban J connectivity index is 1.48. The summed E-state index contributed by atoms with van der Waals surface area (Å²) >= 11 is 0.